The predicted octanol–water partition coefficient (Wildman–Crippen LogP) is 2.97. The average Bonchev–Trinajstić information content (AvgIpc) is 2.82. The highest BCUT2D eigenvalue weighted by Gasteiger charge is 2.17. The number of carbonyl (C=O) groups excluding carboxylic acids is 1. The van der Waals surface area contributed by atoms with E-state index in [2.05, 4.69) is 5.32 Å². The third-order valence-electron chi connectivity index (χ3n) is 2.70. The van der Waals surface area contributed by atoms with Gasteiger partial charge in [0.15, 0.2) is 0 Å². The van der Waals surface area contributed by atoms with E-state index in [1.807, 2.05) is 6.92 Å². The first kappa shape index (κ1) is 14.1. The Labute approximate surface area is 119 Å². The van der Waals surface area contributed by atoms with Crippen LogP contribution in [0.25, 0.3) is 0 Å². The number of hydrogen-bond acceptors (Lipinski definition) is 4. The summed E-state index contributed by atoms with van der Waals surface area (Å²) >= 11 is 1.24. The van der Waals surface area contributed by atoms with Crippen molar-refractivity contribution in [1.82, 2.24) is 0 Å². The van der Waals surface area contributed by atoms with Gasteiger partial charge in [-0.05, 0) is 30.7 Å². The lowest BCUT2D eigenvalue weighted by Crippen LogP contribution is -2.12. The number of phenols is 1. The molecule has 3 N–H and O–H groups in total. The quantitative estimate of drug-likeness (QED) is 0.808. The molecule has 1 aromatic carbocycles. The molecule has 1 heterocycles. The van der Waals surface area contributed by atoms with Crippen LogP contribution >= 0.6 is 11.3 Å². The summed E-state index contributed by atoms with van der Waals surface area (Å²) in [5, 5.41) is 21.3. The summed E-state index contributed by atoms with van der Waals surface area (Å²) < 4.78 is 0. The van der Waals surface area contributed by atoms with Gasteiger partial charge in [0.1, 0.15) is 10.8 Å². The van der Waals surface area contributed by atoms with Crippen LogP contribution in [-0.2, 0) is 6.42 Å². The molecule has 0 saturated carbocycles. The first-order valence-electron chi connectivity index (χ1n) is 5.97. The molecule has 2 rings (SSSR count). The number of carboxylic acids is 1. The van der Waals surface area contributed by atoms with Gasteiger partial charge in [0.25, 0.3) is 5.91 Å². The molecule has 0 saturated heterocycles. The van der Waals surface area contributed by atoms with Crippen LogP contribution in [-0.4, -0.2) is 22.1 Å². The maximum atomic E-state index is 12.0. The van der Waals surface area contributed by atoms with Gasteiger partial charge in [-0.3, -0.25) is 4.79 Å². The molecule has 0 aliphatic rings. The smallest absolute Gasteiger partial charge is 0.338 e. The highest BCUT2D eigenvalue weighted by atomic mass is 32.1. The maximum absolute atomic E-state index is 12.0. The van der Waals surface area contributed by atoms with E-state index in [-0.39, 0.29) is 16.9 Å². The van der Waals surface area contributed by atoms with Crippen LogP contribution in [0.2, 0.25) is 0 Å². The monoisotopic (exact) mass is 291 g/mol. The van der Waals surface area contributed by atoms with Crippen molar-refractivity contribution in [2.24, 2.45) is 0 Å². The molecular formula is C14H13NO4S. The highest BCUT2D eigenvalue weighted by Crippen LogP contribution is 2.29. The summed E-state index contributed by atoms with van der Waals surface area (Å²) in [6, 6.07) is 7.44. The van der Waals surface area contributed by atoms with Crippen LogP contribution in [0, 0.1) is 0 Å². The minimum absolute atomic E-state index is 0.0171. The molecule has 104 valence electrons. The lowest BCUT2D eigenvalue weighted by atomic mass is 10.2. The number of thiophene rings is 1. The fraction of sp³-hybridized carbons (Fsp3) is 0.143. The molecule has 20 heavy (non-hydrogen) atoms. The van der Waals surface area contributed by atoms with Crippen molar-refractivity contribution < 1.29 is 19.8 Å². The second kappa shape index (κ2) is 5.75. The Morgan fingerprint density at radius 1 is 1.30 bits per heavy atom. The van der Waals surface area contributed by atoms with Crippen LogP contribution < -0.4 is 5.32 Å². The van der Waals surface area contributed by atoms with Gasteiger partial charge in [0, 0.05) is 10.4 Å². The number of nitrogens with one attached hydrogen (secondary N) is 1. The lowest BCUT2D eigenvalue weighted by molar-refractivity contribution is 0.0698. The molecular weight excluding hydrogens is 278 g/mol. The molecule has 5 nitrogen and oxygen atoms in total. The Bertz CT molecular complexity index is 663. The Hall–Kier alpha value is -2.34. The van der Waals surface area contributed by atoms with E-state index in [1.54, 1.807) is 18.2 Å². The lowest BCUT2D eigenvalue weighted by Gasteiger charge is -2.04. The minimum Gasteiger partial charge on any atom is -0.508 e. The van der Waals surface area contributed by atoms with Gasteiger partial charge in [-0.1, -0.05) is 13.0 Å². The number of hydrogen-bond donors (Lipinski definition) is 3. The van der Waals surface area contributed by atoms with Crippen molar-refractivity contribution in [3.63, 3.8) is 0 Å². The molecule has 0 unspecified atom stereocenters. The van der Waals surface area contributed by atoms with Gasteiger partial charge in [-0.2, -0.15) is 0 Å². The number of aromatic carboxylic acids is 1. The van der Waals surface area contributed by atoms with Crippen LogP contribution in [0.15, 0.2) is 30.3 Å². The number of anilines is 1. The predicted molar refractivity (Wildman–Crippen MR) is 76.7 cm³/mol. The first-order chi connectivity index (χ1) is 9.51. The molecule has 0 aliphatic heterocycles. The third-order valence-corrected chi connectivity index (χ3v) is 3.89. The zero-order valence-electron chi connectivity index (χ0n) is 10.7. The van der Waals surface area contributed by atoms with Gasteiger partial charge in [0.2, 0.25) is 0 Å². The largest absolute Gasteiger partial charge is 0.508 e. The molecule has 0 spiro atoms. The fourth-order valence-corrected chi connectivity index (χ4v) is 2.67. The standard InChI is InChI=1S/C14H13NO4S/c1-2-10-7-11(14(18)19)13(20-10)15-12(17)8-4-3-5-9(16)6-8/h3-7,16H,2H2,1H3,(H,15,17)(H,18,19). The summed E-state index contributed by atoms with van der Waals surface area (Å²) in [6.45, 7) is 1.91. The van der Waals surface area contributed by atoms with Crippen molar-refractivity contribution in [1.29, 1.82) is 0 Å². The van der Waals surface area contributed by atoms with Gasteiger partial charge < -0.3 is 15.5 Å². The fourth-order valence-electron chi connectivity index (χ4n) is 1.69. The zero-order valence-corrected chi connectivity index (χ0v) is 11.5. The van der Waals surface area contributed by atoms with Crippen molar-refractivity contribution in [2.45, 2.75) is 13.3 Å². The summed E-state index contributed by atoms with van der Waals surface area (Å²) in [7, 11) is 0. The third kappa shape index (κ3) is 2.97. The number of aryl methyl sites for hydroxylation is 1. The van der Waals surface area contributed by atoms with Crippen LogP contribution in [0.4, 0.5) is 5.00 Å². The van der Waals surface area contributed by atoms with Crippen molar-refractivity contribution in [3.05, 3.63) is 46.3 Å². The number of phenolic OH excluding ortho intramolecular Hbond substituents is 1. The summed E-state index contributed by atoms with van der Waals surface area (Å²) in [5.41, 5.74) is 0.355. The van der Waals surface area contributed by atoms with E-state index in [1.165, 1.54) is 23.5 Å². The van der Waals surface area contributed by atoms with Crippen molar-refractivity contribution in [2.75, 3.05) is 5.32 Å². The Morgan fingerprint density at radius 2 is 2.05 bits per heavy atom. The highest BCUT2D eigenvalue weighted by molar-refractivity contribution is 7.16. The van der Waals surface area contributed by atoms with Gasteiger partial charge in [-0.15, -0.1) is 11.3 Å². The number of carbonyl (C=O) groups is 2. The molecule has 1 aromatic heterocycles. The van der Waals surface area contributed by atoms with Crippen LogP contribution in [0.1, 0.15) is 32.5 Å². The van der Waals surface area contributed by atoms with Gasteiger partial charge in [-0.25, -0.2) is 4.79 Å². The molecule has 0 aliphatic carbocycles. The molecule has 0 atom stereocenters. The first-order valence-corrected chi connectivity index (χ1v) is 6.79. The van der Waals surface area contributed by atoms with Crippen molar-refractivity contribution in [3.8, 4) is 5.75 Å². The molecule has 2 aromatic rings. The number of aromatic hydroxyl groups is 1. The topological polar surface area (TPSA) is 86.6 Å². The SMILES string of the molecule is CCc1cc(C(=O)O)c(NC(=O)c2cccc(O)c2)s1. The Morgan fingerprint density at radius 3 is 2.65 bits per heavy atom. The maximum Gasteiger partial charge on any atom is 0.338 e. The minimum atomic E-state index is -1.08. The van der Waals surface area contributed by atoms with E-state index in [0.717, 1.165) is 4.88 Å². The second-order valence-electron chi connectivity index (χ2n) is 4.12. The normalized spacial score (nSPS) is 10.2. The molecule has 0 fully saturated rings. The number of benzene rings is 1. The van der Waals surface area contributed by atoms with E-state index < -0.39 is 11.9 Å². The van der Waals surface area contributed by atoms with Gasteiger partial charge >= 0.3 is 5.97 Å². The second-order valence-corrected chi connectivity index (χ2v) is 5.26. The van der Waals surface area contributed by atoms with Crippen LogP contribution in [0.5, 0.6) is 5.75 Å². The van der Waals surface area contributed by atoms with E-state index >= 15 is 0 Å². The molecule has 6 heteroatoms. The molecule has 0 radical (unpaired) electrons. The van der Waals surface area contributed by atoms with Gasteiger partial charge in [0.05, 0.1) is 5.56 Å². The van der Waals surface area contributed by atoms with Crippen molar-refractivity contribution >= 4 is 28.2 Å². The summed E-state index contributed by atoms with van der Waals surface area (Å²) in [6.07, 6.45) is 0.701. The van der Waals surface area contributed by atoms with Crippen LogP contribution in [0.3, 0.4) is 0 Å². The molecule has 0 bridgehead atoms. The Kier molecular flexibility index (Phi) is 4.05. The zero-order chi connectivity index (χ0) is 14.7. The number of carboxylic acid groups (broad SMARTS) is 1. The van der Waals surface area contributed by atoms with E-state index in [9.17, 15) is 14.7 Å². The number of rotatable bonds is 4. The number of amides is 1. The summed E-state index contributed by atoms with van der Waals surface area (Å²) in [4.78, 5) is 24.1. The summed E-state index contributed by atoms with van der Waals surface area (Å²) in [5.74, 6) is -1.54. The van der Waals surface area contributed by atoms with E-state index in [0.29, 0.717) is 11.4 Å². The van der Waals surface area contributed by atoms with E-state index in [4.69, 9.17) is 5.11 Å². The molecule has 1 amide bonds. The Balaban J connectivity index is 2.27. The average molecular weight is 291 g/mol.